The van der Waals surface area contributed by atoms with E-state index in [0.29, 0.717) is 13.0 Å². The average molecular weight is 275 g/mol. The maximum absolute atomic E-state index is 12.2. The van der Waals surface area contributed by atoms with Crippen molar-refractivity contribution >= 4 is 5.91 Å². The molecule has 1 fully saturated rings. The first-order chi connectivity index (χ1) is 9.36. The van der Waals surface area contributed by atoms with Gasteiger partial charge in [-0.3, -0.25) is 4.79 Å². The maximum Gasteiger partial charge on any atom is 0.222 e. The molecule has 20 heavy (non-hydrogen) atoms. The lowest BCUT2D eigenvalue weighted by atomic mass is 9.75. The summed E-state index contributed by atoms with van der Waals surface area (Å²) in [4.78, 5) is 14.1. The zero-order valence-corrected chi connectivity index (χ0v) is 13.0. The first kappa shape index (κ1) is 15.0. The van der Waals surface area contributed by atoms with Crippen molar-refractivity contribution in [2.24, 2.45) is 0 Å². The minimum absolute atomic E-state index is 0.0407. The molecule has 1 aliphatic rings. The number of amides is 1. The van der Waals surface area contributed by atoms with Gasteiger partial charge in [0.25, 0.3) is 0 Å². The molecule has 0 spiro atoms. The molecule has 0 unspecified atom stereocenters. The predicted molar refractivity (Wildman–Crippen MR) is 80.7 cm³/mol. The summed E-state index contributed by atoms with van der Waals surface area (Å²) < 4.78 is 5.47. The van der Waals surface area contributed by atoms with Gasteiger partial charge in [0.05, 0.1) is 5.60 Å². The number of nitrogens with zero attached hydrogens (tertiary/aromatic N) is 1. The summed E-state index contributed by atoms with van der Waals surface area (Å²) in [6.07, 6.45) is 1.53. The van der Waals surface area contributed by atoms with Crippen molar-refractivity contribution < 1.29 is 9.53 Å². The molecular formula is C17H25NO2. The van der Waals surface area contributed by atoms with Crippen LogP contribution < -0.4 is 0 Å². The van der Waals surface area contributed by atoms with E-state index >= 15 is 0 Å². The van der Waals surface area contributed by atoms with Crippen molar-refractivity contribution in [2.45, 2.75) is 44.6 Å². The van der Waals surface area contributed by atoms with E-state index in [1.54, 1.807) is 7.11 Å². The van der Waals surface area contributed by atoms with E-state index in [0.717, 1.165) is 13.0 Å². The van der Waals surface area contributed by atoms with Crippen LogP contribution in [-0.4, -0.2) is 36.6 Å². The summed E-state index contributed by atoms with van der Waals surface area (Å²) in [5.41, 5.74) is 1.05. The van der Waals surface area contributed by atoms with Gasteiger partial charge in [-0.2, -0.15) is 0 Å². The number of hydrogen-bond donors (Lipinski definition) is 0. The number of benzene rings is 1. The van der Waals surface area contributed by atoms with Gasteiger partial charge in [0.1, 0.15) is 0 Å². The lowest BCUT2D eigenvalue weighted by Crippen LogP contribution is -2.52. The zero-order chi connectivity index (χ0) is 14.8. The summed E-state index contributed by atoms with van der Waals surface area (Å²) in [7, 11) is 1.70. The van der Waals surface area contributed by atoms with Gasteiger partial charge < -0.3 is 9.64 Å². The number of rotatable bonds is 4. The Labute approximate surface area is 121 Å². The lowest BCUT2D eigenvalue weighted by Gasteiger charge is -2.43. The van der Waals surface area contributed by atoms with Gasteiger partial charge in [-0.05, 0) is 25.8 Å². The van der Waals surface area contributed by atoms with Crippen molar-refractivity contribution in [3.63, 3.8) is 0 Å². The van der Waals surface area contributed by atoms with Crippen LogP contribution in [0.25, 0.3) is 0 Å². The molecule has 1 aliphatic heterocycles. The van der Waals surface area contributed by atoms with Gasteiger partial charge in [0.15, 0.2) is 0 Å². The third-order valence-electron chi connectivity index (χ3n) is 4.38. The third-order valence-corrected chi connectivity index (χ3v) is 4.38. The Hall–Kier alpha value is -1.35. The largest absolute Gasteiger partial charge is 0.377 e. The summed E-state index contributed by atoms with van der Waals surface area (Å²) in [5.74, 6) is 0.239. The molecule has 1 heterocycles. The third kappa shape index (κ3) is 3.21. The molecular weight excluding hydrogens is 250 g/mol. The van der Waals surface area contributed by atoms with Gasteiger partial charge in [-0.1, -0.05) is 37.3 Å². The molecule has 1 saturated heterocycles. The first-order valence-corrected chi connectivity index (χ1v) is 7.25. The molecule has 0 aliphatic carbocycles. The van der Waals surface area contributed by atoms with Crippen LogP contribution in [0, 0.1) is 0 Å². The smallest absolute Gasteiger partial charge is 0.222 e. The highest BCUT2D eigenvalue weighted by Crippen LogP contribution is 2.34. The Bertz CT molecular complexity index is 469. The summed E-state index contributed by atoms with van der Waals surface area (Å²) in [6.45, 7) is 7.71. The van der Waals surface area contributed by atoms with Gasteiger partial charge in [0.2, 0.25) is 5.91 Å². The van der Waals surface area contributed by atoms with E-state index in [1.165, 1.54) is 5.56 Å². The van der Waals surface area contributed by atoms with Crippen molar-refractivity contribution in [2.75, 3.05) is 20.2 Å². The molecule has 1 amide bonds. The van der Waals surface area contributed by atoms with Crippen LogP contribution >= 0.6 is 0 Å². The highest BCUT2D eigenvalue weighted by Gasteiger charge is 2.38. The number of carbonyl (C=O) groups is 1. The van der Waals surface area contributed by atoms with Crippen LogP contribution in [-0.2, 0) is 14.9 Å². The van der Waals surface area contributed by atoms with Crippen LogP contribution in [0.15, 0.2) is 30.3 Å². The van der Waals surface area contributed by atoms with Crippen LogP contribution in [0.1, 0.15) is 39.2 Å². The highest BCUT2D eigenvalue weighted by molar-refractivity contribution is 5.77. The molecule has 3 nitrogen and oxygen atoms in total. The number of carbonyl (C=O) groups excluding carboxylic acids is 1. The van der Waals surface area contributed by atoms with Crippen LogP contribution in [0.4, 0.5) is 0 Å². The quantitative estimate of drug-likeness (QED) is 0.845. The van der Waals surface area contributed by atoms with E-state index < -0.39 is 0 Å². The molecule has 0 N–H and O–H groups in total. The van der Waals surface area contributed by atoms with E-state index in [-0.39, 0.29) is 16.9 Å². The Kier molecular flexibility index (Phi) is 4.19. The van der Waals surface area contributed by atoms with Gasteiger partial charge in [-0.15, -0.1) is 0 Å². The molecule has 0 bridgehead atoms. The number of piperidine rings is 1. The molecule has 0 saturated carbocycles. The molecule has 110 valence electrons. The fourth-order valence-corrected chi connectivity index (χ4v) is 2.87. The fraction of sp³-hybridized carbons (Fsp3) is 0.588. The van der Waals surface area contributed by atoms with E-state index in [2.05, 4.69) is 31.2 Å². The van der Waals surface area contributed by atoms with E-state index in [4.69, 9.17) is 4.74 Å². The van der Waals surface area contributed by atoms with E-state index in [1.807, 2.05) is 24.8 Å². The first-order valence-electron chi connectivity index (χ1n) is 7.25. The molecule has 2 rings (SSSR count). The number of likely N-dealkylation sites (tertiary alicyclic amines) is 1. The van der Waals surface area contributed by atoms with Crippen molar-refractivity contribution in [1.82, 2.24) is 4.90 Å². The van der Waals surface area contributed by atoms with Gasteiger partial charge in [0, 0.05) is 32.0 Å². The lowest BCUT2D eigenvalue weighted by molar-refractivity contribution is -0.139. The molecule has 1 aromatic carbocycles. The summed E-state index contributed by atoms with van der Waals surface area (Å²) in [6, 6.07) is 10.5. The summed E-state index contributed by atoms with van der Waals surface area (Å²) in [5, 5.41) is 0. The maximum atomic E-state index is 12.2. The zero-order valence-electron chi connectivity index (χ0n) is 13.0. The van der Waals surface area contributed by atoms with Crippen LogP contribution in [0.5, 0.6) is 0 Å². The molecule has 0 radical (unpaired) electrons. The normalized spacial score (nSPS) is 24.0. The van der Waals surface area contributed by atoms with Crippen molar-refractivity contribution in [3.05, 3.63) is 35.9 Å². The SMILES string of the molecule is COC(C)(C)CN1C[C@](C)(c2ccccc2)CCC1=O. The van der Waals surface area contributed by atoms with Gasteiger partial charge in [-0.25, -0.2) is 0 Å². The standard InChI is InChI=1S/C17H25NO2/c1-16(2,20-4)12-18-13-17(3,11-10-15(18)19)14-8-6-5-7-9-14/h5-9H,10-13H2,1-4H3/t17-/m1/s1. The monoisotopic (exact) mass is 275 g/mol. The Morgan fingerprint density at radius 3 is 2.55 bits per heavy atom. The second-order valence-corrected chi connectivity index (χ2v) is 6.64. The fourth-order valence-electron chi connectivity index (χ4n) is 2.87. The highest BCUT2D eigenvalue weighted by atomic mass is 16.5. The summed E-state index contributed by atoms with van der Waals surface area (Å²) >= 11 is 0. The molecule has 1 aromatic rings. The Balaban J connectivity index is 2.17. The molecule has 1 atom stereocenters. The number of hydrogen-bond acceptors (Lipinski definition) is 2. The van der Waals surface area contributed by atoms with E-state index in [9.17, 15) is 4.79 Å². The van der Waals surface area contributed by atoms with Crippen LogP contribution in [0.3, 0.4) is 0 Å². The number of ether oxygens (including phenoxy) is 1. The predicted octanol–water partition coefficient (Wildman–Crippen LogP) is 2.99. The Morgan fingerprint density at radius 1 is 1.30 bits per heavy atom. The van der Waals surface area contributed by atoms with Gasteiger partial charge >= 0.3 is 0 Å². The number of methoxy groups -OCH3 is 1. The topological polar surface area (TPSA) is 29.5 Å². The van der Waals surface area contributed by atoms with Crippen LogP contribution in [0.2, 0.25) is 0 Å². The minimum Gasteiger partial charge on any atom is -0.377 e. The second-order valence-electron chi connectivity index (χ2n) is 6.64. The second kappa shape index (κ2) is 5.57. The average Bonchev–Trinajstić information content (AvgIpc) is 2.44. The van der Waals surface area contributed by atoms with Crippen molar-refractivity contribution in [1.29, 1.82) is 0 Å². The molecule has 3 heteroatoms. The Morgan fingerprint density at radius 2 is 1.95 bits per heavy atom. The molecule has 0 aromatic heterocycles. The minimum atomic E-state index is -0.301. The van der Waals surface area contributed by atoms with Crippen molar-refractivity contribution in [3.8, 4) is 0 Å².